The molecule has 0 heterocycles. The number of unbranched alkanes of at least 4 members (excludes halogenated alkanes) is 1. The van der Waals surface area contributed by atoms with E-state index in [4.69, 9.17) is 4.74 Å². The molecule has 0 radical (unpaired) electrons. The van der Waals surface area contributed by atoms with E-state index in [1.807, 2.05) is 67.6 Å². The topological polar surface area (TPSA) is 72.7 Å². The molecular formula is C26H27FN2O4. The first-order chi connectivity index (χ1) is 16.0. The Morgan fingerprint density at radius 2 is 1.55 bits per heavy atom. The van der Waals surface area contributed by atoms with E-state index in [1.54, 1.807) is 4.90 Å². The zero-order valence-electron chi connectivity index (χ0n) is 18.6. The molecule has 3 aromatic rings. The fraction of sp³-hybridized carbons (Fsp3) is 0.269. The number of hydrogen-bond acceptors (Lipinski definition) is 5. The van der Waals surface area contributed by atoms with E-state index in [1.165, 1.54) is 12.1 Å². The lowest BCUT2D eigenvalue weighted by Crippen LogP contribution is -2.25. The Morgan fingerprint density at radius 1 is 0.970 bits per heavy atom. The van der Waals surface area contributed by atoms with Crippen LogP contribution in [-0.4, -0.2) is 17.5 Å². The molecule has 0 spiro atoms. The molecule has 3 rings (SSSR count). The van der Waals surface area contributed by atoms with E-state index in [-0.39, 0.29) is 43.1 Å². The summed E-state index contributed by atoms with van der Waals surface area (Å²) in [6, 6.07) is 21.3. The Labute approximate surface area is 192 Å². The maximum absolute atomic E-state index is 15.7. The SMILES string of the molecule is CCCCOC(=O)Cc1ccc([N+](=O)[O-])c(N(Cc2ccccc2)Cc2ccccc2)c1F. The van der Waals surface area contributed by atoms with Crippen molar-refractivity contribution in [2.24, 2.45) is 0 Å². The van der Waals surface area contributed by atoms with Gasteiger partial charge in [-0.3, -0.25) is 14.9 Å². The monoisotopic (exact) mass is 450 g/mol. The van der Waals surface area contributed by atoms with E-state index in [0.717, 1.165) is 24.0 Å². The first-order valence-corrected chi connectivity index (χ1v) is 10.9. The van der Waals surface area contributed by atoms with Gasteiger partial charge in [0.2, 0.25) is 0 Å². The van der Waals surface area contributed by atoms with Crippen LogP contribution in [0.3, 0.4) is 0 Å². The van der Waals surface area contributed by atoms with Crippen LogP contribution in [0.5, 0.6) is 0 Å². The van der Waals surface area contributed by atoms with Gasteiger partial charge in [0.25, 0.3) is 5.69 Å². The number of anilines is 1. The second-order valence-corrected chi connectivity index (χ2v) is 7.74. The largest absolute Gasteiger partial charge is 0.465 e. The average molecular weight is 451 g/mol. The van der Waals surface area contributed by atoms with Gasteiger partial charge in [0, 0.05) is 24.7 Å². The number of benzene rings is 3. The van der Waals surface area contributed by atoms with Crippen LogP contribution >= 0.6 is 0 Å². The van der Waals surface area contributed by atoms with Gasteiger partial charge < -0.3 is 9.64 Å². The number of carbonyl (C=O) groups excluding carboxylic acids is 1. The summed E-state index contributed by atoms with van der Waals surface area (Å²) in [6.45, 7) is 2.77. The van der Waals surface area contributed by atoms with Crippen LogP contribution in [-0.2, 0) is 29.0 Å². The van der Waals surface area contributed by atoms with Gasteiger partial charge >= 0.3 is 5.97 Å². The van der Waals surface area contributed by atoms with Crippen LogP contribution in [0.4, 0.5) is 15.8 Å². The van der Waals surface area contributed by atoms with Crippen molar-refractivity contribution in [2.75, 3.05) is 11.5 Å². The third kappa shape index (κ3) is 6.62. The molecule has 3 aromatic carbocycles. The molecule has 0 saturated carbocycles. The zero-order valence-corrected chi connectivity index (χ0v) is 18.6. The Bertz CT molecular complexity index is 1030. The Morgan fingerprint density at radius 3 is 2.06 bits per heavy atom. The zero-order chi connectivity index (χ0) is 23.6. The molecule has 7 heteroatoms. The van der Waals surface area contributed by atoms with Crippen molar-refractivity contribution < 1.29 is 18.8 Å². The predicted molar refractivity (Wildman–Crippen MR) is 125 cm³/mol. The third-order valence-electron chi connectivity index (χ3n) is 5.22. The number of nitro benzene ring substituents is 1. The average Bonchev–Trinajstić information content (AvgIpc) is 2.81. The Balaban J connectivity index is 2.00. The summed E-state index contributed by atoms with van der Waals surface area (Å²) in [7, 11) is 0. The van der Waals surface area contributed by atoms with E-state index < -0.39 is 16.7 Å². The van der Waals surface area contributed by atoms with E-state index in [2.05, 4.69) is 0 Å². The number of ether oxygens (including phenoxy) is 1. The molecule has 0 aromatic heterocycles. The maximum atomic E-state index is 15.7. The van der Waals surface area contributed by atoms with Gasteiger partial charge in [-0.2, -0.15) is 0 Å². The highest BCUT2D eigenvalue weighted by molar-refractivity contribution is 5.75. The summed E-state index contributed by atoms with van der Waals surface area (Å²) >= 11 is 0. The van der Waals surface area contributed by atoms with E-state index in [0.29, 0.717) is 0 Å². The number of halogens is 1. The lowest BCUT2D eigenvalue weighted by atomic mass is 10.1. The van der Waals surface area contributed by atoms with Crippen molar-refractivity contribution in [1.29, 1.82) is 0 Å². The molecule has 0 saturated heterocycles. The number of esters is 1. The number of nitrogens with zero attached hydrogens (tertiary/aromatic N) is 2. The highest BCUT2D eigenvalue weighted by Crippen LogP contribution is 2.35. The normalized spacial score (nSPS) is 10.6. The summed E-state index contributed by atoms with van der Waals surface area (Å²) in [5, 5.41) is 11.8. The highest BCUT2D eigenvalue weighted by atomic mass is 19.1. The molecule has 0 fully saturated rings. The molecular weight excluding hydrogens is 423 g/mol. The fourth-order valence-corrected chi connectivity index (χ4v) is 3.54. The number of nitro groups is 1. The van der Waals surface area contributed by atoms with Crippen LogP contribution in [0, 0.1) is 15.9 Å². The summed E-state index contributed by atoms with van der Waals surface area (Å²) in [6.07, 6.45) is 1.31. The molecule has 0 unspecified atom stereocenters. The summed E-state index contributed by atoms with van der Waals surface area (Å²) < 4.78 is 20.9. The van der Waals surface area contributed by atoms with Crippen molar-refractivity contribution >= 4 is 17.3 Å². The van der Waals surface area contributed by atoms with Gasteiger partial charge in [0.1, 0.15) is 0 Å². The molecule has 0 bridgehead atoms. The summed E-state index contributed by atoms with van der Waals surface area (Å²) in [5.41, 5.74) is 1.36. The smallest absolute Gasteiger partial charge is 0.310 e. The lowest BCUT2D eigenvalue weighted by molar-refractivity contribution is -0.384. The summed E-state index contributed by atoms with van der Waals surface area (Å²) in [4.78, 5) is 25.0. The molecule has 33 heavy (non-hydrogen) atoms. The molecule has 6 nitrogen and oxygen atoms in total. The Hall–Kier alpha value is -3.74. The highest BCUT2D eigenvalue weighted by Gasteiger charge is 2.27. The van der Waals surface area contributed by atoms with Gasteiger partial charge in [0.05, 0.1) is 18.0 Å². The van der Waals surface area contributed by atoms with Crippen molar-refractivity contribution in [3.05, 3.63) is 105 Å². The van der Waals surface area contributed by atoms with Crippen LogP contribution in [0.2, 0.25) is 0 Å². The van der Waals surface area contributed by atoms with E-state index >= 15 is 4.39 Å². The van der Waals surface area contributed by atoms with Crippen LogP contribution in [0.25, 0.3) is 0 Å². The second-order valence-electron chi connectivity index (χ2n) is 7.74. The third-order valence-corrected chi connectivity index (χ3v) is 5.22. The van der Waals surface area contributed by atoms with Crippen LogP contribution in [0.15, 0.2) is 72.8 Å². The first-order valence-electron chi connectivity index (χ1n) is 10.9. The molecule has 172 valence electrons. The minimum Gasteiger partial charge on any atom is -0.465 e. The van der Waals surface area contributed by atoms with Gasteiger partial charge in [-0.15, -0.1) is 0 Å². The number of hydrogen-bond donors (Lipinski definition) is 0. The molecule has 0 aliphatic heterocycles. The fourth-order valence-electron chi connectivity index (χ4n) is 3.54. The van der Waals surface area contributed by atoms with Gasteiger partial charge in [0.15, 0.2) is 11.5 Å². The predicted octanol–water partition coefficient (Wildman–Crippen LogP) is 5.83. The molecule has 0 amide bonds. The second kappa shape index (κ2) is 11.8. The van der Waals surface area contributed by atoms with Crippen molar-refractivity contribution in [2.45, 2.75) is 39.3 Å². The minimum absolute atomic E-state index is 0.0724. The lowest BCUT2D eigenvalue weighted by Gasteiger charge is -2.26. The number of carbonyl (C=O) groups is 1. The molecule has 0 N–H and O–H groups in total. The molecule has 0 atom stereocenters. The van der Waals surface area contributed by atoms with Crippen LogP contribution < -0.4 is 4.90 Å². The molecule has 0 aliphatic rings. The summed E-state index contributed by atoms with van der Waals surface area (Å²) in [5.74, 6) is -1.33. The minimum atomic E-state index is -0.775. The maximum Gasteiger partial charge on any atom is 0.310 e. The van der Waals surface area contributed by atoms with Crippen molar-refractivity contribution in [3.63, 3.8) is 0 Å². The van der Waals surface area contributed by atoms with Crippen molar-refractivity contribution in [1.82, 2.24) is 0 Å². The first kappa shape index (κ1) is 23.9. The quantitative estimate of drug-likeness (QED) is 0.159. The van der Waals surface area contributed by atoms with Gasteiger partial charge in [-0.1, -0.05) is 74.0 Å². The van der Waals surface area contributed by atoms with Gasteiger partial charge in [-0.05, 0) is 23.6 Å². The van der Waals surface area contributed by atoms with Gasteiger partial charge in [-0.25, -0.2) is 4.39 Å². The molecule has 0 aliphatic carbocycles. The Kier molecular flexibility index (Phi) is 8.52. The van der Waals surface area contributed by atoms with Crippen molar-refractivity contribution in [3.8, 4) is 0 Å². The van der Waals surface area contributed by atoms with E-state index in [9.17, 15) is 14.9 Å². The van der Waals surface area contributed by atoms with Crippen LogP contribution in [0.1, 0.15) is 36.5 Å². The standard InChI is InChI=1S/C26H27FN2O4/c1-2-3-16-33-24(30)17-22-14-15-23(29(31)32)26(25(22)27)28(18-20-10-6-4-7-11-20)19-21-12-8-5-9-13-21/h4-15H,2-3,16-19H2,1H3. The number of rotatable bonds is 11.